The maximum absolute atomic E-state index is 10.7. The third-order valence-electron chi connectivity index (χ3n) is 2.59. The molecule has 1 unspecified atom stereocenters. The molecular weight excluding hydrogens is 178 g/mol. The van der Waals surface area contributed by atoms with Crippen LogP contribution in [0.3, 0.4) is 0 Å². The van der Waals surface area contributed by atoms with Gasteiger partial charge in [0.2, 0.25) is 5.91 Å². The van der Waals surface area contributed by atoms with Gasteiger partial charge in [-0.15, -0.1) is 0 Å². The Balaban J connectivity index is 2.13. The van der Waals surface area contributed by atoms with Crippen molar-refractivity contribution < 1.29 is 4.79 Å². The number of carbonyl (C=O) groups is 1. The predicted molar refractivity (Wildman–Crippen MR) is 57.6 cm³/mol. The minimum atomic E-state index is 0.0567. The van der Waals surface area contributed by atoms with Gasteiger partial charge in [0.25, 0.3) is 0 Å². The van der Waals surface area contributed by atoms with Crippen LogP contribution in [-0.2, 0) is 4.79 Å². The number of amides is 1. The molecule has 4 heteroatoms. The van der Waals surface area contributed by atoms with E-state index >= 15 is 0 Å². The highest BCUT2D eigenvalue weighted by atomic mass is 16.1. The van der Waals surface area contributed by atoms with Crippen LogP contribution in [0, 0.1) is 5.92 Å². The number of nitrogens with one attached hydrogen (secondary N) is 2. The van der Waals surface area contributed by atoms with Gasteiger partial charge in [-0.3, -0.25) is 4.79 Å². The fourth-order valence-electron chi connectivity index (χ4n) is 1.81. The highest BCUT2D eigenvalue weighted by molar-refractivity contribution is 5.72. The molecular formula is C10H19N3O. The lowest BCUT2D eigenvalue weighted by atomic mass is 10.0. The highest BCUT2D eigenvalue weighted by Gasteiger charge is 2.23. The minimum absolute atomic E-state index is 0.0567. The molecule has 2 atom stereocenters. The van der Waals surface area contributed by atoms with E-state index in [2.05, 4.69) is 22.3 Å². The van der Waals surface area contributed by atoms with Crippen LogP contribution in [0.1, 0.15) is 19.8 Å². The van der Waals surface area contributed by atoms with Gasteiger partial charge >= 0.3 is 0 Å². The average molecular weight is 197 g/mol. The van der Waals surface area contributed by atoms with Crippen LogP contribution in [0.5, 0.6) is 0 Å². The Kier molecular flexibility index (Phi) is 4.59. The van der Waals surface area contributed by atoms with Crippen molar-refractivity contribution in [2.45, 2.75) is 25.8 Å². The third kappa shape index (κ3) is 3.87. The maximum atomic E-state index is 10.7. The fraction of sp³-hybridized carbons (Fsp3) is 0.800. The van der Waals surface area contributed by atoms with E-state index in [9.17, 15) is 4.79 Å². The zero-order valence-corrected chi connectivity index (χ0v) is 8.75. The van der Waals surface area contributed by atoms with Gasteiger partial charge in [-0.25, -0.2) is 0 Å². The van der Waals surface area contributed by atoms with Gasteiger partial charge < -0.3 is 15.6 Å². The summed E-state index contributed by atoms with van der Waals surface area (Å²) in [5, 5.41) is 6.28. The number of hydrogen-bond acceptors (Lipinski definition) is 3. The van der Waals surface area contributed by atoms with Crippen molar-refractivity contribution >= 4 is 12.6 Å². The van der Waals surface area contributed by atoms with E-state index in [1.54, 1.807) is 6.92 Å². The van der Waals surface area contributed by atoms with Crippen molar-refractivity contribution in [1.82, 2.24) is 10.6 Å². The minimum Gasteiger partial charge on any atom is -0.356 e. The molecule has 80 valence electrons. The monoisotopic (exact) mass is 197 g/mol. The Hall–Kier alpha value is -0.900. The van der Waals surface area contributed by atoms with E-state index in [1.807, 2.05) is 0 Å². The van der Waals surface area contributed by atoms with Crippen molar-refractivity contribution in [2.75, 3.05) is 19.6 Å². The number of hydrogen-bond donors (Lipinski definition) is 2. The van der Waals surface area contributed by atoms with Crippen LogP contribution in [0.15, 0.2) is 4.99 Å². The summed E-state index contributed by atoms with van der Waals surface area (Å²) >= 11 is 0. The molecule has 0 spiro atoms. The average Bonchev–Trinajstić information content (AvgIpc) is 2.59. The van der Waals surface area contributed by atoms with E-state index in [1.165, 1.54) is 0 Å². The summed E-state index contributed by atoms with van der Waals surface area (Å²) < 4.78 is 0. The summed E-state index contributed by atoms with van der Waals surface area (Å²) in [5.74, 6) is 0.634. The lowest BCUT2D eigenvalue weighted by molar-refractivity contribution is -0.119. The Bertz CT molecular complexity index is 206. The van der Waals surface area contributed by atoms with E-state index in [4.69, 9.17) is 0 Å². The Morgan fingerprint density at radius 2 is 2.50 bits per heavy atom. The SMILES string of the molecule is C=NCCC1C[C@H](CNC(C)=O)CN1. The molecule has 1 aliphatic heterocycles. The summed E-state index contributed by atoms with van der Waals surface area (Å²) in [5.41, 5.74) is 0. The fourth-order valence-corrected chi connectivity index (χ4v) is 1.81. The number of rotatable bonds is 5. The van der Waals surface area contributed by atoms with E-state index < -0.39 is 0 Å². The summed E-state index contributed by atoms with van der Waals surface area (Å²) in [6, 6.07) is 0.555. The molecule has 14 heavy (non-hydrogen) atoms. The van der Waals surface area contributed by atoms with Crippen LogP contribution in [0.4, 0.5) is 0 Å². The molecule has 1 fully saturated rings. The molecule has 1 amide bonds. The normalized spacial score (nSPS) is 26.1. The Morgan fingerprint density at radius 3 is 3.14 bits per heavy atom. The summed E-state index contributed by atoms with van der Waals surface area (Å²) in [7, 11) is 0. The molecule has 0 aromatic carbocycles. The molecule has 4 nitrogen and oxygen atoms in total. The molecule has 1 rings (SSSR count). The summed E-state index contributed by atoms with van der Waals surface area (Å²) in [6.45, 7) is 7.64. The van der Waals surface area contributed by atoms with Crippen molar-refractivity contribution in [1.29, 1.82) is 0 Å². The van der Waals surface area contributed by atoms with Gasteiger partial charge in [-0.05, 0) is 32.0 Å². The summed E-state index contributed by atoms with van der Waals surface area (Å²) in [4.78, 5) is 14.5. The number of carbonyl (C=O) groups excluding carboxylic acids is 1. The molecule has 1 heterocycles. The van der Waals surface area contributed by atoms with Crippen molar-refractivity contribution in [3.05, 3.63) is 0 Å². The second-order valence-corrected chi connectivity index (χ2v) is 3.88. The first-order valence-electron chi connectivity index (χ1n) is 5.12. The zero-order chi connectivity index (χ0) is 10.4. The largest absolute Gasteiger partial charge is 0.356 e. The van der Waals surface area contributed by atoms with Gasteiger partial charge in [0, 0.05) is 26.1 Å². The predicted octanol–water partition coefficient (Wildman–Crippen LogP) is 0.191. The molecule has 0 aromatic heterocycles. The van der Waals surface area contributed by atoms with E-state index in [0.29, 0.717) is 12.0 Å². The van der Waals surface area contributed by atoms with Crippen LogP contribution < -0.4 is 10.6 Å². The lowest BCUT2D eigenvalue weighted by Gasteiger charge is -2.09. The van der Waals surface area contributed by atoms with Gasteiger partial charge in [0.1, 0.15) is 0 Å². The molecule has 0 radical (unpaired) electrons. The van der Waals surface area contributed by atoms with Gasteiger partial charge in [0.05, 0.1) is 0 Å². The van der Waals surface area contributed by atoms with Crippen molar-refractivity contribution in [3.63, 3.8) is 0 Å². The van der Waals surface area contributed by atoms with E-state index in [-0.39, 0.29) is 5.91 Å². The Labute approximate surface area is 85.2 Å². The quantitative estimate of drug-likeness (QED) is 0.618. The lowest BCUT2D eigenvalue weighted by Crippen LogP contribution is -2.28. The summed E-state index contributed by atoms with van der Waals surface area (Å²) in [6.07, 6.45) is 2.19. The van der Waals surface area contributed by atoms with Crippen LogP contribution >= 0.6 is 0 Å². The van der Waals surface area contributed by atoms with Crippen LogP contribution in [0.25, 0.3) is 0 Å². The second-order valence-electron chi connectivity index (χ2n) is 3.88. The van der Waals surface area contributed by atoms with Gasteiger partial charge in [0.15, 0.2) is 0 Å². The number of nitrogens with zero attached hydrogens (tertiary/aromatic N) is 1. The highest BCUT2D eigenvalue weighted by Crippen LogP contribution is 2.15. The second kappa shape index (κ2) is 5.75. The van der Waals surface area contributed by atoms with Gasteiger partial charge in [-0.1, -0.05) is 0 Å². The third-order valence-corrected chi connectivity index (χ3v) is 2.59. The molecule has 1 aliphatic rings. The molecule has 0 aromatic rings. The molecule has 2 N–H and O–H groups in total. The number of aliphatic imine (C=N–C) groups is 1. The standard InChI is InChI=1S/C10H19N3O/c1-8(14)12-6-9-5-10(13-7-9)3-4-11-2/h9-10,13H,2-7H2,1H3,(H,12,14)/t9-,10?/m1/s1. The maximum Gasteiger partial charge on any atom is 0.216 e. The Morgan fingerprint density at radius 1 is 1.71 bits per heavy atom. The first kappa shape index (κ1) is 11.2. The molecule has 0 bridgehead atoms. The topological polar surface area (TPSA) is 53.5 Å². The van der Waals surface area contributed by atoms with Crippen LogP contribution in [-0.4, -0.2) is 38.3 Å². The first-order valence-corrected chi connectivity index (χ1v) is 5.12. The van der Waals surface area contributed by atoms with E-state index in [0.717, 1.165) is 32.5 Å². The van der Waals surface area contributed by atoms with Crippen molar-refractivity contribution in [3.8, 4) is 0 Å². The van der Waals surface area contributed by atoms with Crippen LogP contribution in [0.2, 0.25) is 0 Å². The molecule has 0 aliphatic carbocycles. The molecule has 0 saturated carbocycles. The molecule has 1 saturated heterocycles. The zero-order valence-electron chi connectivity index (χ0n) is 8.75. The first-order chi connectivity index (χ1) is 6.72. The van der Waals surface area contributed by atoms with Gasteiger partial charge in [-0.2, -0.15) is 0 Å². The van der Waals surface area contributed by atoms with Crippen molar-refractivity contribution in [2.24, 2.45) is 10.9 Å². The smallest absolute Gasteiger partial charge is 0.216 e.